The highest BCUT2D eigenvalue weighted by Gasteiger charge is 2.20. The highest BCUT2D eigenvalue weighted by molar-refractivity contribution is 7.19. The minimum Gasteiger partial charge on any atom is -0.351 e. The number of carbonyl (C=O) groups excluding carboxylic acids is 1. The number of nitro benzene ring substituents is 1. The summed E-state index contributed by atoms with van der Waals surface area (Å²) in [5.74, 6) is -0.223. The topological polar surface area (TPSA) is 108 Å². The monoisotopic (exact) mass is 418 g/mol. The van der Waals surface area contributed by atoms with Crippen LogP contribution in [0.4, 0.5) is 5.69 Å². The summed E-state index contributed by atoms with van der Waals surface area (Å²) in [6.45, 7) is 6.80. The Morgan fingerprint density at radius 2 is 2.07 bits per heavy atom. The number of hydrogen-bond donors (Lipinski definition) is 1. The fourth-order valence-electron chi connectivity index (χ4n) is 2.87. The summed E-state index contributed by atoms with van der Waals surface area (Å²) >= 11 is 1.26. The number of ether oxygens (including phenoxy) is 2. The first-order valence-corrected chi connectivity index (χ1v) is 10.0. The van der Waals surface area contributed by atoms with Gasteiger partial charge in [-0.05, 0) is 20.8 Å². The number of non-ortho nitro benzene ring substituents is 1. The van der Waals surface area contributed by atoms with E-state index in [1.807, 2.05) is 25.2 Å². The molecule has 1 aromatic carbocycles. The van der Waals surface area contributed by atoms with Gasteiger partial charge in [-0.25, -0.2) is 4.98 Å². The molecule has 3 rings (SSSR count). The van der Waals surface area contributed by atoms with Crippen molar-refractivity contribution < 1.29 is 19.2 Å². The number of aromatic nitrogens is 2. The molecule has 0 saturated carbocycles. The number of imidazole rings is 1. The lowest BCUT2D eigenvalue weighted by atomic mass is 10.1. The SMILES string of the molecule is CCOC(CNC(=O)c1sc2nc(-c3cccc([N+](=O)[O-])c3)cn2c1C)OCC. The second-order valence-corrected chi connectivity index (χ2v) is 7.13. The van der Waals surface area contributed by atoms with Gasteiger partial charge in [-0.1, -0.05) is 23.5 Å². The number of hydrogen-bond acceptors (Lipinski definition) is 7. The highest BCUT2D eigenvalue weighted by atomic mass is 32.1. The molecule has 0 fully saturated rings. The van der Waals surface area contributed by atoms with E-state index in [0.29, 0.717) is 34.3 Å². The number of nitrogens with zero attached hydrogens (tertiary/aromatic N) is 3. The Bertz CT molecular complexity index is 1020. The summed E-state index contributed by atoms with van der Waals surface area (Å²) in [5, 5.41) is 13.8. The van der Waals surface area contributed by atoms with Crippen molar-refractivity contribution in [3.8, 4) is 11.3 Å². The average molecular weight is 418 g/mol. The van der Waals surface area contributed by atoms with E-state index in [2.05, 4.69) is 10.3 Å². The maximum Gasteiger partial charge on any atom is 0.270 e. The number of thiazole rings is 1. The van der Waals surface area contributed by atoms with Gasteiger partial charge in [0.05, 0.1) is 17.2 Å². The maximum atomic E-state index is 12.6. The van der Waals surface area contributed by atoms with E-state index >= 15 is 0 Å². The molecular formula is C19H22N4O5S. The molecular weight excluding hydrogens is 396 g/mol. The zero-order chi connectivity index (χ0) is 21.0. The molecule has 154 valence electrons. The summed E-state index contributed by atoms with van der Waals surface area (Å²) in [6.07, 6.45) is 1.29. The molecule has 3 aromatic rings. The van der Waals surface area contributed by atoms with E-state index in [1.165, 1.54) is 23.5 Å². The van der Waals surface area contributed by atoms with Gasteiger partial charge in [-0.3, -0.25) is 19.3 Å². The maximum absolute atomic E-state index is 12.6. The fraction of sp³-hybridized carbons (Fsp3) is 0.368. The Morgan fingerprint density at radius 1 is 1.34 bits per heavy atom. The van der Waals surface area contributed by atoms with Crippen LogP contribution in [0, 0.1) is 17.0 Å². The van der Waals surface area contributed by atoms with Gasteiger partial charge in [-0.15, -0.1) is 0 Å². The van der Waals surface area contributed by atoms with Crippen molar-refractivity contribution in [2.24, 2.45) is 0 Å². The van der Waals surface area contributed by atoms with Crippen molar-refractivity contribution in [1.82, 2.24) is 14.7 Å². The van der Waals surface area contributed by atoms with Gasteiger partial charge in [0.25, 0.3) is 11.6 Å². The highest BCUT2D eigenvalue weighted by Crippen LogP contribution is 2.28. The van der Waals surface area contributed by atoms with Crippen LogP contribution in [-0.2, 0) is 9.47 Å². The Hall–Kier alpha value is -2.82. The quantitative estimate of drug-likeness (QED) is 0.324. The molecule has 0 aliphatic carbocycles. The summed E-state index contributed by atoms with van der Waals surface area (Å²) in [4.78, 5) is 28.9. The Labute approximate surface area is 171 Å². The lowest BCUT2D eigenvalue weighted by molar-refractivity contribution is -0.384. The average Bonchev–Trinajstić information content (AvgIpc) is 3.26. The molecule has 0 aliphatic heterocycles. The summed E-state index contributed by atoms with van der Waals surface area (Å²) in [6, 6.07) is 6.31. The van der Waals surface area contributed by atoms with Crippen LogP contribution in [0.1, 0.15) is 29.2 Å². The molecule has 1 N–H and O–H groups in total. The Kier molecular flexibility index (Phi) is 6.57. The van der Waals surface area contributed by atoms with Crippen LogP contribution < -0.4 is 5.32 Å². The minimum atomic E-state index is -0.487. The van der Waals surface area contributed by atoms with Gasteiger partial charge in [0.1, 0.15) is 4.88 Å². The Morgan fingerprint density at radius 3 is 2.69 bits per heavy atom. The zero-order valence-corrected chi connectivity index (χ0v) is 17.2. The second kappa shape index (κ2) is 9.12. The van der Waals surface area contributed by atoms with Crippen molar-refractivity contribution >= 4 is 27.9 Å². The van der Waals surface area contributed by atoms with Crippen molar-refractivity contribution in [3.05, 3.63) is 51.1 Å². The molecule has 0 aliphatic rings. The van der Waals surface area contributed by atoms with Crippen molar-refractivity contribution in [2.45, 2.75) is 27.1 Å². The third-order valence-electron chi connectivity index (χ3n) is 4.25. The normalized spacial score (nSPS) is 11.3. The molecule has 0 atom stereocenters. The van der Waals surface area contributed by atoms with Crippen LogP contribution >= 0.6 is 11.3 Å². The van der Waals surface area contributed by atoms with Crippen molar-refractivity contribution in [2.75, 3.05) is 19.8 Å². The first-order chi connectivity index (χ1) is 13.9. The third kappa shape index (κ3) is 4.61. The van der Waals surface area contributed by atoms with Crippen LogP contribution in [-0.4, -0.2) is 46.3 Å². The van der Waals surface area contributed by atoms with Gasteiger partial charge in [0.2, 0.25) is 0 Å². The Balaban J connectivity index is 1.79. The van der Waals surface area contributed by atoms with Crippen LogP contribution in [0.3, 0.4) is 0 Å². The molecule has 0 saturated heterocycles. The first kappa shape index (κ1) is 20.9. The number of fused-ring (bicyclic) bond motifs is 1. The zero-order valence-electron chi connectivity index (χ0n) is 16.4. The second-order valence-electron chi connectivity index (χ2n) is 6.15. The number of benzene rings is 1. The lowest BCUT2D eigenvalue weighted by Gasteiger charge is -2.17. The molecule has 0 radical (unpaired) electrons. The summed E-state index contributed by atoms with van der Waals surface area (Å²) in [7, 11) is 0. The molecule has 0 unspecified atom stereocenters. The molecule has 2 heterocycles. The number of rotatable bonds is 9. The smallest absolute Gasteiger partial charge is 0.270 e. The van der Waals surface area contributed by atoms with Crippen LogP contribution in [0.2, 0.25) is 0 Å². The predicted octanol–water partition coefficient (Wildman–Crippen LogP) is 3.41. The summed E-state index contributed by atoms with van der Waals surface area (Å²) < 4.78 is 12.7. The molecule has 2 aromatic heterocycles. The molecule has 9 nitrogen and oxygen atoms in total. The molecule has 10 heteroatoms. The van der Waals surface area contributed by atoms with E-state index < -0.39 is 11.2 Å². The lowest BCUT2D eigenvalue weighted by Crippen LogP contribution is -2.35. The van der Waals surface area contributed by atoms with Gasteiger partial charge in [0.15, 0.2) is 11.3 Å². The van der Waals surface area contributed by atoms with E-state index in [0.717, 1.165) is 5.69 Å². The van der Waals surface area contributed by atoms with Gasteiger partial charge in [-0.2, -0.15) is 0 Å². The third-order valence-corrected chi connectivity index (χ3v) is 5.41. The fourth-order valence-corrected chi connectivity index (χ4v) is 3.90. The van der Waals surface area contributed by atoms with E-state index in [9.17, 15) is 14.9 Å². The van der Waals surface area contributed by atoms with E-state index in [1.54, 1.807) is 18.3 Å². The largest absolute Gasteiger partial charge is 0.351 e. The first-order valence-electron chi connectivity index (χ1n) is 9.19. The van der Waals surface area contributed by atoms with E-state index in [4.69, 9.17) is 9.47 Å². The standard InChI is InChI=1S/C19H22N4O5S/c1-4-27-16(28-5-2)10-20-18(24)17-12(3)22-11-15(21-19(22)29-17)13-7-6-8-14(9-13)23(25)26/h6-9,11,16H,4-5,10H2,1-3H3,(H,20,24). The summed E-state index contributed by atoms with van der Waals surface area (Å²) in [5.41, 5.74) is 2.02. The molecule has 0 spiro atoms. The predicted molar refractivity (Wildman–Crippen MR) is 109 cm³/mol. The molecule has 29 heavy (non-hydrogen) atoms. The van der Waals surface area contributed by atoms with Crippen molar-refractivity contribution in [1.29, 1.82) is 0 Å². The molecule has 0 bridgehead atoms. The molecule has 1 amide bonds. The number of nitrogens with one attached hydrogen (secondary N) is 1. The number of nitro groups is 1. The van der Waals surface area contributed by atoms with E-state index in [-0.39, 0.29) is 18.1 Å². The minimum absolute atomic E-state index is 0.00814. The van der Waals surface area contributed by atoms with Gasteiger partial charge < -0.3 is 14.8 Å². The number of amides is 1. The van der Waals surface area contributed by atoms with Crippen LogP contribution in [0.25, 0.3) is 16.2 Å². The number of aryl methyl sites for hydroxylation is 1. The van der Waals surface area contributed by atoms with Gasteiger partial charge >= 0.3 is 0 Å². The number of carbonyl (C=O) groups is 1. The van der Waals surface area contributed by atoms with Crippen molar-refractivity contribution in [3.63, 3.8) is 0 Å². The van der Waals surface area contributed by atoms with Crippen LogP contribution in [0.5, 0.6) is 0 Å². The van der Waals surface area contributed by atoms with Crippen LogP contribution in [0.15, 0.2) is 30.5 Å². The van der Waals surface area contributed by atoms with Gasteiger partial charge in [0, 0.05) is 42.8 Å².